The third kappa shape index (κ3) is 7.93. The maximum absolute atomic E-state index is 2.70. The first-order valence-corrected chi connectivity index (χ1v) is 19.8. The summed E-state index contributed by atoms with van der Waals surface area (Å²) in [7, 11) is -2.29. The standard InChI is InChI=1S/C40H61P/c1-8-14-23-33-29-31-40(38(27-16-10-3)36(33)26-15-9-2)41(7,34-24-18-17-19-25-34)39-30-28-32(20-11-4)35(21-12-5)37(39)22-13-6/h17-19,24-25,28-31,41H,8-16,20-23,26-27H2,1-7H3. The molecule has 3 aromatic rings. The van der Waals surface area contributed by atoms with Crippen molar-refractivity contribution in [3.8, 4) is 0 Å². The number of unbranched alkanes of at least 4 members (excludes halogenated alkanes) is 3. The second-order valence-electron chi connectivity index (χ2n) is 12.5. The van der Waals surface area contributed by atoms with Crippen LogP contribution in [-0.2, 0) is 38.5 Å². The van der Waals surface area contributed by atoms with Crippen LogP contribution in [0.4, 0.5) is 0 Å². The van der Waals surface area contributed by atoms with Gasteiger partial charge in [-0.1, -0.05) is 0 Å². The summed E-state index contributed by atoms with van der Waals surface area (Å²) < 4.78 is 0. The Hall–Kier alpha value is -1.91. The first-order chi connectivity index (χ1) is 20.0. The van der Waals surface area contributed by atoms with E-state index in [1.807, 2.05) is 0 Å². The summed E-state index contributed by atoms with van der Waals surface area (Å²) in [5.41, 5.74) is 10.1. The molecule has 0 atom stereocenters. The summed E-state index contributed by atoms with van der Waals surface area (Å²) in [6, 6.07) is 22.0. The number of aryl methyl sites for hydroxylation is 2. The minimum absolute atomic E-state index is 1.19. The fourth-order valence-electron chi connectivity index (χ4n) is 7.15. The molecule has 0 nitrogen and oxygen atoms in total. The average molecular weight is 573 g/mol. The molecule has 0 heterocycles. The van der Waals surface area contributed by atoms with Crippen molar-refractivity contribution in [2.45, 2.75) is 138 Å². The Bertz CT molecular complexity index is 1190. The summed E-state index contributed by atoms with van der Waals surface area (Å²) >= 11 is 0. The van der Waals surface area contributed by atoms with Crippen LogP contribution in [0.15, 0.2) is 54.6 Å². The van der Waals surface area contributed by atoms with Crippen molar-refractivity contribution in [2.75, 3.05) is 6.66 Å². The van der Waals surface area contributed by atoms with Crippen LogP contribution in [0, 0.1) is 0 Å². The summed E-state index contributed by atoms with van der Waals surface area (Å²) in [6.07, 6.45) is 18.6. The Morgan fingerprint density at radius 3 is 1.39 bits per heavy atom. The molecule has 0 bridgehead atoms. The van der Waals surface area contributed by atoms with Crippen molar-refractivity contribution in [3.05, 3.63) is 88.0 Å². The van der Waals surface area contributed by atoms with E-state index in [4.69, 9.17) is 0 Å². The molecular formula is C40H61P. The molecular weight excluding hydrogens is 511 g/mol. The SMILES string of the molecule is CCCCc1ccc([PH](C)(c2ccccc2)c2ccc(CCC)c(CCC)c2CCC)c(CCCC)c1CCCC. The molecule has 0 spiro atoms. The Morgan fingerprint density at radius 2 is 0.854 bits per heavy atom. The van der Waals surface area contributed by atoms with Crippen LogP contribution >= 0.6 is 7.26 Å². The van der Waals surface area contributed by atoms with Crippen molar-refractivity contribution in [3.63, 3.8) is 0 Å². The second kappa shape index (κ2) is 17.3. The molecule has 3 aromatic carbocycles. The van der Waals surface area contributed by atoms with E-state index in [2.05, 4.69) is 103 Å². The van der Waals surface area contributed by atoms with Crippen LogP contribution in [0.1, 0.15) is 133 Å². The van der Waals surface area contributed by atoms with Crippen LogP contribution in [0.25, 0.3) is 0 Å². The number of hydrogen-bond acceptors (Lipinski definition) is 0. The molecule has 1 heteroatoms. The van der Waals surface area contributed by atoms with Gasteiger partial charge < -0.3 is 0 Å². The van der Waals surface area contributed by atoms with Crippen molar-refractivity contribution in [1.29, 1.82) is 0 Å². The van der Waals surface area contributed by atoms with Crippen LogP contribution in [0.2, 0.25) is 0 Å². The van der Waals surface area contributed by atoms with Gasteiger partial charge in [0.2, 0.25) is 0 Å². The molecule has 0 saturated heterocycles. The molecule has 0 aliphatic heterocycles. The zero-order valence-electron chi connectivity index (χ0n) is 27.8. The third-order valence-corrected chi connectivity index (χ3v) is 13.9. The van der Waals surface area contributed by atoms with Crippen LogP contribution < -0.4 is 15.9 Å². The van der Waals surface area contributed by atoms with Crippen molar-refractivity contribution >= 4 is 23.2 Å². The molecule has 0 unspecified atom stereocenters. The summed E-state index contributed by atoms with van der Waals surface area (Å²) in [5.74, 6) is 0. The average Bonchev–Trinajstić information content (AvgIpc) is 3.00. The van der Waals surface area contributed by atoms with E-state index in [0.29, 0.717) is 0 Å². The predicted molar refractivity (Wildman–Crippen MR) is 190 cm³/mol. The van der Waals surface area contributed by atoms with Gasteiger partial charge >= 0.3 is 256 Å². The number of hydrogen-bond donors (Lipinski definition) is 0. The molecule has 226 valence electrons. The topological polar surface area (TPSA) is 0 Å². The zero-order chi connectivity index (χ0) is 29.7. The number of rotatable bonds is 18. The molecule has 3 rings (SSSR count). The fraction of sp³-hybridized carbons (Fsp3) is 0.550. The van der Waals surface area contributed by atoms with Gasteiger partial charge in [-0.05, 0) is 0 Å². The Morgan fingerprint density at radius 1 is 0.415 bits per heavy atom. The van der Waals surface area contributed by atoms with Crippen molar-refractivity contribution < 1.29 is 0 Å². The van der Waals surface area contributed by atoms with Gasteiger partial charge in [-0.2, -0.15) is 0 Å². The van der Waals surface area contributed by atoms with Gasteiger partial charge in [0, 0.05) is 0 Å². The first kappa shape index (κ1) is 33.6. The van der Waals surface area contributed by atoms with Gasteiger partial charge in [0.1, 0.15) is 0 Å². The van der Waals surface area contributed by atoms with Crippen molar-refractivity contribution in [1.82, 2.24) is 0 Å². The van der Waals surface area contributed by atoms with Gasteiger partial charge in [-0.3, -0.25) is 0 Å². The van der Waals surface area contributed by atoms with E-state index in [-0.39, 0.29) is 0 Å². The summed E-state index contributed by atoms with van der Waals surface area (Å²) in [4.78, 5) is 0. The predicted octanol–water partition coefficient (Wildman–Crippen LogP) is 10.2. The molecule has 0 fully saturated rings. The Kier molecular flexibility index (Phi) is 14.1. The van der Waals surface area contributed by atoms with Gasteiger partial charge in [0.25, 0.3) is 0 Å². The van der Waals surface area contributed by atoms with Crippen LogP contribution in [0.5, 0.6) is 0 Å². The van der Waals surface area contributed by atoms with E-state index in [1.165, 1.54) is 96.3 Å². The van der Waals surface area contributed by atoms with Gasteiger partial charge in [-0.15, -0.1) is 0 Å². The third-order valence-electron chi connectivity index (χ3n) is 9.36. The van der Waals surface area contributed by atoms with Crippen LogP contribution in [-0.4, -0.2) is 6.66 Å². The minimum atomic E-state index is -2.29. The molecule has 0 radical (unpaired) electrons. The molecule has 0 N–H and O–H groups in total. The second-order valence-corrected chi connectivity index (χ2v) is 16.4. The fourth-order valence-corrected chi connectivity index (χ4v) is 11.5. The summed E-state index contributed by atoms with van der Waals surface area (Å²) in [6.45, 7) is 16.8. The van der Waals surface area contributed by atoms with E-state index in [0.717, 1.165) is 0 Å². The van der Waals surface area contributed by atoms with E-state index >= 15 is 0 Å². The Labute approximate surface area is 255 Å². The molecule has 41 heavy (non-hydrogen) atoms. The van der Waals surface area contributed by atoms with Gasteiger partial charge in [0.15, 0.2) is 0 Å². The van der Waals surface area contributed by atoms with Crippen molar-refractivity contribution in [2.24, 2.45) is 0 Å². The van der Waals surface area contributed by atoms with Gasteiger partial charge in [0.05, 0.1) is 0 Å². The van der Waals surface area contributed by atoms with Crippen LogP contribution in [0.3, 0.4) is 0 Å². The zero-order valence-corrected chi connectivity index (χ0v) is 28.8. The summed E-state index contributed by atoms with van der Waals surface area (Å²) in [5, 5.41) is 4.96. The molecule has 0 saturated carbocycles. The quantitative estimate of drug-likeness (QED) is 0.133. The maximum atomic E-state index is 2.70. The normalized spacial score (nSPS) is 12.2. The first-order valence-electron chi connectivity index (χ1n) is 17.3. The van der Waals surface area contributed by atoms with E-state index in [1.54, 1.807) is 49.3 Å². The molecule has 0 amide bonds. The molecule has 0 aromatic heterocycles. The van der Waals surface area contributed by atoms with E-state index < -0.39 is 7.26 Å². The molecule has 0 aliphatic rings. The monoisotopic (exact) mass is 572 g/mol. The number of benzene rings is 3. The molecule has 0 aliphatic carbocycles. The van der Waals surface area contributed by atoms with E-state index in [9.17, 15) is 0 Å². The Balaban J connectivity index is 2.44. The van der Waals surface area contributed by atoms with Gasteiger partial charge in [-0.25, -0.2) is 0 Å².